The number of aromatic nitrogens is 1. The molecule has 1 atom stereocenters. The van der Waals surface area contributed by atoms with Crippen molar-refractivity contribution in [3.8, 4) is 0 Å². The van der Waals surface area contributed by atoms with Crippen LogP contribution in [0.4, 0.5) is 0 Å². The molecule has 1 unspecified atom stereocenters. The summed E-state index contributed by atoms with van der Waals surface area (Å²) in [6.07, 6.45) is 3.21. The maximum Gasteiger partial charge on any atom is 0.331 e. The van der Waals surface area contributed by atoms with Gasteiger partial charge in [0.15, 0.2) is 6.04 Å². The first-order valence-electron chi connectivity index (χ1n) is 6.78. The highest BCUT2D eigenvalue weighted by Crippen LogP contribution is 2.29. The second-order valence-corrected chi connectivity index (χ2v) is 5.21. The van der Waals surface area contributed by atoms with E-state index in [2.05, 4.69) is 4.98 Å². The molecule has 0 radical (unpaired) electrons. The van der Waals surface area contributed by atoms with Crippen molar-refractivity contribution in [2.75, 3.05) is 0 Å². The number of carboxylic acids is 1. The van der Waals surface area contributed by atoms with Gasteiger partial charge in [-0.3, -0.25) is 9.78 Å². The van der Waals surface area contributed by atoms with E-state index < -0.39 is 12.0 Å². The SMILES string of the molecule is CC(=O)N(C(C)C)C(C(=O)O)c1cncc2ccccc12. The van der Waals surface area contributed by atoms with Crippen molar-refractivity contribution in [3.63, 3.8) is 0 Å². The van der Waals surface area contributed by atoms with Crippen LogP contribution < -0.4 is 0 Å². The van der Waals surface area contributed by atoms with Gasteiger partial charge in [-0.05, 0) is 19.2 Å². The van der Waals surface area contributed by atoms with E-state index >= 15 is 0 Å². The maximum atomic E-state index is 11.9. The number of pyridine rings is 1. The standard InChI is InChI=1S/C16H18N2O3/c1-10(2)18(11(3)19)15(16(20)21)14-9-17-8-12-6-4-5-7-13(12)14/h4-10,15H,1-3H3,(H,20,21). The Morgan fingerprint density at radius 1 is 1.19 bits per heavy atom. The molecule has 0 aliphatic heterocycles. The lowest BCUT2D eigenvalue weighted by atomic mass is 9.99. The molecule has 1 aromatic carbocycles. The molecule has 110 valence electrons. The van der Waals surface area contributed by atoms with Crippen molar-refractivity contribution in [2.24, 2.45) is 0 Å². The second kappa shape index (κ2) is 5.91. The lowest BCUT2D eigenvalue weighted by molar-refractivity contribution is -0.151. The summed E-state index contributed by atoms with van der Waals surface area (Å²) in [5, 5.41) is 11.3. The molecule has 0 spiro atoms. The van der Waals surface area contributed by atoms with Crippen molar-refractivity contribution in [1.29, 1.82) is 0 Å². The van der Waals surface area contributed by atoms with Crippen LogP contribution in [0.1, 0.15) is 32.4 Å². The quantitative estimate of drug-likeness (QED) is 0.938. The van der Waals surface area contributed by atoms with Gasteiger partial charge in [-0.1, -0.05) is 24.3 Å². The van der Waals surface area contributed by atoms with Crippen molar-refractivity contribution >= 4 is 22.6 Å². The molecule has 1 N–H and O–H groups in total. The van der Waals surface area contributed by atoms with Crippen molar-refractivity contribution < 1.29 is 14.7 Å². The zero-order valence-electron chi connectivity index (χ0n) is 12.3. The number of aliphatic carboxylic acids is 1. The highest BCUT2D eigenvalue weighted by molar-refractivity contribution is 5.91. The molecular weight excluding hydrogens is 268 g/mol. The molecule has 1 amide bonds. The Morgan fingerprint density at radius 3 is 2.43 bits per heavy atom. The van der Waals surface area contributed by atoms with Crippen LogP contribution in [-0.4, -0.2) is 32.9 Å². The minimum atomic E-state index is -1.06. The van der Waals surface area contributed by atoms with Crippen LogP contribution in [0, 0.1) is 0 Å². The van der Waals surface area contributed by atoms with Gasteiger partial charge in [-0.15, -0.1) is 0 Å². The fourth-order valence-corrected chi connectivity index (χ4v) is 2.60. The van der Waals surface area contributed by atoms with Gasteiger partial charge in [0.1, 0.15) is 0 Å². The van der Waals surface area contributed by atoms with E-state index in [-0.39, 0.29) is 11.9 Å². The Labute approximate surface area is 123 Å². The number of benzene rings is 1. The first-order valence-corrected chi connectivity index (χ1v) is 6.78. The fourth-order valence-electron chi connectivity index (χ4n) is 2.60. The first-order chi connectivity index (χ1) is 9.93. The van der Waals surface area contributed by atoms with Crippen molar-refractivity contribution in [1.82, 2.24) is 9.88 Å². The molecule has 5 heteroatoms. The molecule has 1 aromatic heterocycles. The van der Waals surface area contributed by atoms with Crippen molar-refractivity contribution in [2.45, 2.75) is 32.9 Å². The average molecular weight is 286 g/mol. The minimum Gasteiger partial charge on any atom is -0.479 e. The molecule has 1 heterocycles. The highest BCUT2D eigenvalue weighted by atomic mass is 16.4. The van der Waals surface area contributed by atoms with E-state index in [1.165, 1.54) is 18.0 Å². The van der Waals surface area contributed by atoms with Gasteiger partial charge in [-0.2, -0.15) is 0 Å². The molecule has 5 nitrogen and oxygen atoms in total. The zero-order chi connectivity index (χ0) is 15.6. The van der Waals surface area contributed by atoms with E-state index in [1.54, 1.807) is 20.0 Å². The number of carbonyl (C=O) groups excluding carboxylic acids is 1. The number of carbonyl (C=O) groups is 2. The van der Waals surface area contributed by atoms with Crippen LogP contribution in [0.5, 0.6) is 0 Å². The molecule has 2 aromatic rings. The van der Waals surface area contributed by atoms with E-state index in [4.69, 9.17) is 0 Å². The number of nitrogens with zero attached hydrogens (tertiary/aromatic N) is 2. The highest BCUT2D eigenvalue weighted by Gasteiger charge is 2.32. The summed E-state index contributed by atoms with van der Waals surface area (Å²) >= 11 is 0. The number of fused-ring (bicyclic) bond motifs is 1. The van der Waals surface area contributed by atoms with Gasteiger partial charge in [0.05, 0.1) is 0 Å². The Bertz CT molecular complexity index is 677. The summed E-state index contributed by atoms with van der Waals surface area (Å²) in [5.41, 5.74) is 0.532. The molecular formula is C16H18N2O3. The number of amides is 1. The van der Waals surface area contributed by atoms with E-state index in [0.717, 1.165) is 10.8 Å². The molecule has 0 fully saturated rings. The van der Waals surface area contributed by atoms with Gasteiger partial charge in [-0.25, -0.2) is 4.79 Å². The number of rotatable bonds is 4. The molecule has 0 aliphatic rings. The molecule has 21 heavy (non-hydrogen) atoms. The minimum absolute atomic E-state index is 0.220. The van der Waals surface area contributed by atoms with Gasteiger partial charge < -0.3 is 10.0 Å². The number of carboxylic acid groups (broad SMARTS) is 1. The summed E-state index contributed by atoms with van der Waals surface area (Å²) in [5.74, 6) is -1.33. The topological polar surface area (TPSA) is 70.5 Å². The van der Waals surface area contributed by atoms with Gasteiger partial charge >= 0.3 is 5.97 Å². The molecule has 2 rings (SSSR count). The van der Waals surface area contributed by atoms with E-state index in [0.29, 0.717) is 5.56 Å². The Morgan fingerprint density at radius 2 is 1.86 bits per heavy atom. The van der Waals surface area contributed by atoms with Gasteiger partial charge in [0.25, 0.3) is 0 Å². The van der Waals surface area contributed by atoms with Crippen LogP contribution in [0.2, 0.25) is 0 Å². The summed E-state index contributed by atoms with van der Waals surface area (Å²) in [6.45, 7) is 4.99. The third-order valence-electron chi connectivity index (χ3n) is 3.43. The predicted octanol–water partition coefficient (Wildman–Crippen LogP) is 2.62. The fraction of sp³-hybridized carbons (Fsp3) is 0.312. The second-order valence-electron chi connectivity index (χ2n) is 5.21. The monoisotopic (exact) mass is 286 g/mol. The Balaban J connectivity index is 2.66. The molecule has 0 aliphatic carbocycles. The van der Waals surface area contributed by atoms with E-state index in [1.807, 2.05) is 24.3 Å². The van der Waals surface area contributed by atoms with Crippen LogP contribution in [0.15, 0.2) is 36.7 Å². The lowest BCUT2D eigenvalue weighted by Gasteiger charge is -2.32. The first kappa shape index (κ1) is 15.0. The smallest absolute Gasteiger partial charge is 0.331 e. The van der Waals surface area contributed by atoms with E-state index in [9.17, 15) is 14.7 Å². The summed E-state index contributed by atoms with van der Waals surface area (Å²) in [4.78, 5) is 29.1. The zero-order valence-corrected chi connectivity index (χ0v) is 12.3. The molecule has 0 saturated carbocycles. The summed E-state index contributed by atoms with van der Waals surface area (Å²) in [7, 11) is 0. The predicted molar refractivity (Wildman–Crippen MR) is 79.8 cm³/mol. The number of hydrogen-bond acceptors (Lipinski definition) is 3. The van der Waals surface area contributed by atoms with Gasteiger partial charge in [0, 0.05) is 36.3 Å². The molecule has 0 bridgehead atoms. The van der Waals surface area contributed by atoms with Crippen LogP contribution in [0.25, 0.3) is 10.8 Å². The van der Waals surface area contributed by atoms with Crippen LogP contribution >= 0.6 is 0 Å². The van der Waals surface area contributed by atoms with Crippen molar-refractivity contribution in [3.05, 3.63) is 42.2 Å². The Kier molecular flexibility index (Phi) is 4.21. The summed E-state index contributed by atoms with van der Waals surface area (Å²) in [6, 6.07) is 6.18. The average Bonchev–Trinajstić information content (AvgIpc) is 2.43. The number of hydrogen-bond donors (Lipinski definition) is 1. The molecule has 0 saturated heterocycles. The largest absolute Gasteiger partial charge is 0.479 e. The maximum absolute atomic E-state index is 11.9. The van der Waals surface area contributed by atoms with Crippen LogP contribution in [-0.2, 0) is 9.59 Å². The van der Waals surface area contributed by atoms with Gasteiger partial charge in [0.2, 0.25) is 5.91 Å². The summed E-state index contributed by atoms with van der Waals surface area (Å²) < 4.78 is 0. The Hall–Kier alpha value is -2.43. The normalized spacial score (nSPS) is 12.4. The third kappa shape index (κ3) is 2.86. The van der Waals surface area contributed by atoms with Crippen LogP contribution in [0.3, 0.4) is 0 Å². The lowest BCUT2D eigenvalue weighted by Crippen LogP contribution is -2.42. The third-order valence-corrected chi connectivity index (χ3v) is 3.43.